The third-order valence-electron chi connectivity index (χ3n) is 5.17. The molecule has 0 fully saturated rings. The fraction of sp³-hybridized carbons (Fsp3) is 0.120. The van der Waals surface area contributed by atoms with Crippen molar-refractivity contribution in [1.29, 1.82) is 0 Å². The van der Waals surface area contributed by atoms with E-state index in [1.165, 1.54) is 18.2 Å². The number of hydrogen-bond donors (Lipinski definition) is 0. The Morgan fingerprint density at radius 2 is 1.69 bits per heavy atom. The maximum absolute atomic E-state index is 12.9. The second kappa shape index (κ2) is 8.47. The quantitative estimate of drug-likeness (QED) is 0.235. The molecular formula is C25H21N3O4. The van der Waals surface area contributed by atoms with E-state index in [4.69, 9.17) is 4.74 Å². The molecule has 0 radical (unpaired) electrons. The highest BCUT2D eigenvalue weighted by atomic mass is 16.6. The minimum Gasteiger partial charge on any atom is -0.404 e. The van der Waals surface area contributed by atoms with Crippen molar-refractivity contribution < 1.29 is 14.5 Å². The second-order valence-corrected chi connectivity index (χ2v) is 7.58. The van der Waals surface area contributed by atoms with Gasteiger partial charge in [0.2, 0.25) is 5.88 Å². The lowest BCUT2D eigenvalue weighted by Gasteiger charge is -2.11. The number of nitro benzene ring substituents is 1. The molecule has 1 aromatic heterocycles. The van der Waals surface area contributed by atoms with Gasteiger partial charge in [-0.2, -0.15) is 9.78 Å². The van der Waals surface area contributed by atoms with Crippen LogP contribution in [0.15, 0.2) is 72.8 Å². The topological polar surface area (TPSA) is 87.3 Å². The van der Waals surface area contributed by atoms with Gasteiger partial charge in [0.05, 0.1) is 21.9 Å². The molecule has 0 bridgehead atoms. The summed E-state index contributed by atoms with van der Waals surface area (Å²) in [6.45, 7) is 5.58. The summed E-state index contributed by atoms with van der Waals surface area (Å²) in [5.74, 6) is -0.470. The number of carbonyl (C=O) groups is 1. The summed E-state index contributed by atoms with van der Waals surface area (Å²) in [6, 6.07) is 21.4. The molecule has 1 heterocycles. The molecule has 7 heteroatoms. The van der Waals surface area contributed by atoms with Crippen LogP contribution in [-0.2, 0) is 0 Å². The Kier molecular flexibility index (Phi) is 5.55. The van der Waals surface area contributed by atoms with E-state index in [2.05, 4.69) is 5.10 Å². The van der Waals surface area contributed by atoms with Crippen LogP contribution in [0.25, 0.3) is 16.9 Å². The molecule has 0 aliphatic rings. The SMILES string of the molecule is Cc1ccc(-n2nc(-c3ccccc3)cc2OC(=O)c2ccc(C)c([N+](=O)[O-])c2)c(C)c1. The number of hydrogen-bond acceptors (Lipinski definition) is 5. The molecule has 32 heavy (non-hydrogen) atoms. The zero-order valence-corrected chi connectivity index (χ0v) is 17.9. The Balaban J connectivity index is 1.77. The Morgan fingerprint density at radius 1 is 0.938 bits per heavy atom. The highest BCUT2D eigenvalue weighted by Gasteiger charge is 2.20. The Labute approximate surface area is 185 Å². The number of benzene rings is 3. The van der Waals surface area contributed by atoms with Crippen LogP contribution in [-0.4, -0.2) is 20.7 Å². The van der Waals surface area contributed by atoms with Gasteiger partial charge >= 0.3 is 5.97 Å². The van der Waals surface area contributed by atoms with Crippen molar-refractivity contribution in [1.82, 2.24) is 9.78 Å². The van der Waals surface area contributed by atoms with E-state index in [1.54, 1.807) is 17.7 Å². The van der Waals surface area contributed by atoms with Gasteiger partial charge in [-0.15, -0.1) is 0 Å². The predicted octanol–water partition coefficient (Wildman–Crippen LogP) is 5.59. The monoisotopic (exact) mass is 427 g/mol. The Hall–Kier alpha value is -4.26. The summed E-state index contributed by atoms with van der Waals surface area (Å²) < 4.78 is 7.27. The summed E-state index contributed by atoms with van der Waals surface area (Å²) in [6.07, 6.45) is 0. The average molecular weight is 427 g/mol. The number of ether oxygens (including phenoxy) is 1. The maximum atomic E-state index is 12.9. The van der Waals surface area contributed by atoms with E-state index in [-0.39, 0.29) is 17.1 Å². The lowest BCUT2D eigenvalue weighted by Crippen LogP contribution is -2.12. The Bertz CT molecular complexity index is 1330. The van der Waals surface area contributed by atoms with Crippen LogP contribution in [0.2, 0.25) is 0 Å². The van der Waals surface area contributed by atoms with Gasteiger partial charge in [-0.25, -0.2) is 4.79 Å². The molecule has 0 spiro atoms. The number of carbonyl (C=O) groups excluding carboxylic acids is 1. The van der Waals surface area contributed by atoms with Gasteiger partial charge in [0, 0.05) is 23.3 Å². The van der Waals surface area contributed by atoms with Crippen LogP contribution in [0.5, 0.6) is 5.88 Å². The van der Waals surface area contributed by atoms with Gasteiger partial charge in [0.25, 0.3) is 5.69 Å². The summed E-state index contributed by atoms with van der Waals surface area (Å²) in [4.78, 5) is 23.6. The molecule has 160 valence electrons. The Morgan fingerprint density at radius 3 is 2.38 bits per heavy atom. The molecule has 3 aromatic carbocycles. The van der Waals surface area contributed by atoms with E-state index in [1.807, 2.05) is 62.4 Å². The minimum atomic E-state index is -0.696. The third kappa shape index (κ3) is 4.13. The smallest absolute Gasteiger partial charge is 0.345 e. The van der Waals surface area contributed by atoms with Crippen molar-refractivity contribution in [2.75, 3.05) is 0 Å². The molecule has 0 saturated carbocycles. The molecule has 0 N–H and O–H groups in total. The van der Waals surface area contributed by atoms with Gasteiger partial charge in [-0.3, -0.25) is 10.1 Å². The summed E-state index contributed by atoms with van der Waals surface area (Å²) in [7, 11) is 0. The van der Waals surface area contributed by atoms with Crippen molar-refractivity contribution in [2.45, 2.75) is 20.8 Å². The number of esters is 1. The van der Waals surface area contributed by atoms with E-state index in [0.29, 0.717) is 11.3 Å². The number of aromatic nitrogens is 2. The second-order valence-electron chi connectivity index (χ2n) is 7.58. The average Bonchev–Trinajstić information content (AvgIpc) is 3.18. The van der Waals surface area contributed by atoms with E-state index in [0.717, 1.165) is 22.4 Å². The lowest BCUT2D eigenvalue weighted by molar-refractivity contribution is -0.385. The third-order valence-corrected chi connectivity index (χ3v) is 5.17. The number of aryl methyl sites for hydroxylation is 3. The van der Waals surface area contributed by atoms with Gasteiger partial charge in [0.15, 0.2) is 0 Å². The molecule has 0 saturated heterocycles. The normalized spacial score (nSPS) is 10.7. The number of nitrogens with zero attached hydrogens (tertiary/aromatic N) is 3. The van der Waals surface area contributed by atoms with Crippen LogP contribution in [0.1, 0.15) is 27.0 Å². The summed E-state index contributed by atoms with van der Waals surface area (Å²) in [5.41, 5.74) is 4.80. The fourth-order valence-corrected chi connectivity index (χ4v) is 3.49. The molecular weight excluding hydrogens is 406 g/mol. The van der Waals surface area contributed by atoms with Crippen molar-refractivity contribution in [3.05, 3.63) is 105 Å². The van der Waals surface area contributed by atoms with Crippen molar-refractivity contribution in [3.8, 4) is 22.8 Å². The molecule has 0 aliphatic carbocycles. The van der Waals surface area contributed by atoms with Crippen LogP contribution in [0.4, 0.5) is 5.69 Å². The first-order valence-electron chi connectivity index (χ1n) is 10.0. The van der Waals surface area contributed by atoms with Crippen LogP contribution in [0, 0.1) is 30.9 Å². The highest BCUT2D eigenvalue weighted by Crippen LogP contribution is 2.29. The van der Waals surface area contributed by atoms with E-state index in [9.17, 15) is 14.9 Å². The largest absolute Gasteiger partial charge is 0.404 e. The van der Waals surface area contributed by atoms with Crippen molar-refractivity contribution in [3.63, 3.8) is 0 Å². The van der Waals surface area contributed by atoms with Gasteiger partial charge in [-0.05, 0) is 38.5 Å². The highest BCUT2D eigenvalue weighted by molar-refractivity contribution is 5.92. The number of rotatable bonds is 5. The summed E-state index contributed by atoms with van der Waals surface area (Å²) in [5, 5.41) is 15.9. The first-order chi connectivity index (χ1) is 15.3. The van der Waals surface area contributed by atoms with E-state index >= 15 is 0 Å². The molecule has 7 nitrogen and oxygen atoms in total. The van der Waals surface area contributed by atoms with Crippen molar-refractivity contribution in [2.24, 2.45) is 0 Å². The van der Waals surface area contributed by atoms with Crippen LogP contribution >= 0.6 is 0 Å². The molecule has 0 aliphatic heterocycles. The van der Waals surface area contributed by atoms with Gasteiger partial charge < -0.3 is 4.74 Å². The number of nitro groups is 1. The fourth-order valence-electron chi connectivity index (χ4n) is 3.49. The predicted molar refractivity (Wildman–Crippen MR) is 121 cm³/mol. The lowest BCUT2D eigenvalue weighted by atomic mass is 10.1. The molecule has 4 rings (SSSR count). The first kappa shape index (κ1) is 21.0. The minimum absolute atomic E-state index is 0.0944. The van der Waals surface area contributed by atoms with Crippen LogP contribution in [0.3, 0.4) is 0 Å². The zero-order valence-electron chi connectivity index (χ0n) is 17.9. The standard InChI is InChI=1S/C25H21N3O4/c1-16-9-12-22(18(3)13-16)27-24(15-21(26-27)19-7-5-4-6-8-19)32-25(29)20-11-10-17(2)23(14-20)28(30)31/h4-15H,1-3H3. The maximum Gasteiger partial charge on any atom is 0.345 e. The molecule has 0 unspecified atom stereocenters. The molecule has 4 aromatic rings. The van der Waals surface area contributed by atoms with Crippen LogP contribution < -0.4 is 4.74 Å². The molecule has 0 atom stereocenters. The van der Waals surface area contributed by atoms with E-state index < -0.39 is 10.9 Å². The first-order valence-corrected chi connectivity index (χ1v) is 10.0. The zero-order chi connectivity index (χ0) is 22.8. The van der Waals surface area contributed by atoms with Crippen molar-refractivity contribution >= 4 is 11.7 Å². The molecule has 0 amide bonds. The van der Waals surface area contributed by atoms with Gasteiger partial charge in [-0.1, -0.05) is 54.1 Å². The van der Waals surface area contributed by atoms with Gasteiger partial charge in [0.1, 0.15) is 0 Å². The summed E-state index contributed by atoms with van der Waals surface area (Å²) >= 11 is 0.